The maximum Gasteiger partial charge on any atom is 0.351 e. The van der Waals surface area contributed by atoms with Gasteiger partial charge < -0.3 is 9.52 Å². The molecule has 28 heavy (non-hydrogen) atoms. The van der Waals surface area contributed by atoms with Gasteiger partial charge in [0, 0.05) is 12.0 Å². The average molecular weight is 387 g/mol. The number of ketones is 1. The molecule has 1 rings (SSSR count). The van der Waals surface area contributed by atoms with Gasteiger partial charge in [0.2, 0.25) is 0 Å². The van der Waals surface area contributed by atoms with E-state index in [2.05, 4.69) is 26.0 Å². The van der Waals surface area contributed by atoms with Gasteiger partial charge in [0.15, 0.2) is 5.78 Å². The highest BCUT2D eigenvalue weighted by atomic mass is 16.4. The molecule has 1 unspecified atom stereocenters. The Bertz CT molecular complexity index is 793. The van der Waals surface area contributed by atoms with Crippen LogP contribution in [0.4, 0.5) is 0 Å². The maximum absolute atomic E-state index is 12.6. The van der Waals surface area contributed by atoms with Crippen LogP contribution < -0.4 is 5.63 Å². The average Bonchev–Trinajstić information content (AvgIpc) is 2.65. The fraction of sp³-hybridized carbons (Fsp3) is 0.500. The number of hydrogen-bond acceptors (Lipinski definition) is 4. The topological polar surface area (TPSA) is 67.5 Å². The molecule has 0 radical (unpaired) electrons. The first kappa shape index (κ1) is 23.7. The minimum atomic E-state index is -0.782. The number of unbranched alkanes of at least 4 members (excludes halogenated alkanes) is 1. The Kier molecular flexibility index (Phi) is 10.3. The lowest BCUT2D eigenvalue weighted by molar-refractivity contribution is 0.102. The molecule has 0 aliphatic carbocycles. The van der Waals surface area contributed by atoms with Crippen molar-refractivity contribution in [3.05, 3.63) is 63.3 Å². The molecule has 0 aliphatic rings. The molecule has 0 aromatic carbocycles. The third kappa shape index (κ3) is 7.34. The first-order chi connectivity index (χ1) is 13.3. The summed E-state index contributed by atoms with van der Waals surface area (Å²) in [6.07, 6.45) is 13.7. The molecule has 0 aliphatic heterocycles. The van der Waals surface area contributed by atoms with Crippen LogP contribution in [0.3, 0.4) is 0 Å². The summed E-state index contributed by atoms with van der Waals surface area (Å²) in [4.78, 5) is 24.9. The van der Waals surface area contributed by atoms with E-state index in [1.165, 1.54) is 6.07 Å². The molecule has 0 bridgehead atoms. The summed E-state index contributed by atoms with van der Waals surface area (Å²) in [6, 6.07) is 1.40. The van der Waals surface area contributed by atoms with Crippen molar-refractivity contribution in [1.82, 2.24) is 0 Å². The van der Waals surface area contributed by atoms with Gasteiger partial charge in [-0.1, -0.05) is 63.5 Å². The normalized spacial score (nSPS) is 13.9. The van der Waals surface area contributed by atoms with Crippen molar-refractivity contribution in [2.45, 2.75) is 79.1 Å². The standard InChI is InChI=1S/C24H34O4/c1-6-8-9-10-11-13-18(4)21-16-20(25)22(24(27)28-21)23(26)19(5)15-14-17(3)12-7-2/h9-10,14-16,18,25H,6-8,11-13H2,1-5H3/b10-9+,17-14+,19-15+. The Morgan fingerprint density at radius 2 is 1.82 bits per heavy atom. The molecule has 154 valence electrons. The Labute approximate surface area is 168 Å². The number of rotatable bonds is 11. The largest absolute Gasteiger partial charge is 0.507 e. The van der Waals surface area contributed by atoms with E-state index in [0.717, 1.165) is 44.1 Å². The summed E-state index contributed by atoms with van der Waals surface area (Å²) in [7, 11) is 0. The number of aromatic hydroxyl groups is 1. The second-order valence-electron chi connectivity index (χ2n) is 7.38. The first-order valence-electron chi connectivity index (χ1n) is 10.2. The van der Waals surface area contributed by atoms with Crippen molar-refractivity contribution in [3.63, 3.8) is 0 Å². The summed E-state index contributed by atoms with van der Waals surface area (Å²) >= 11 is 0. The predicted molar refractivity (Wildman–Crippen MR) is 115 cm³/mol. The molecular formula is C24H34O4. The second-order valence-corrected chi connectivity index (χ2v) is 7.38. The minimum absolute atomic E-state index is 0.0229. The van der Waals surface area contributed by atoms with Gasteiger partial charge in [-0.05, 0) is 45.1 Å². The van der Waals surface area contributed by atoms with Crippen molar-refractivity contribution in [2.24, 2.45) is 0 Å². The van der Waals surface area contributed by atoms with Crippen LogP contribution in [0.25, 0.3) is 0 Å². The van der Waals surface area contributed by atoms with Crippen LogP contribution >= 0.6 is 0 Å². The molecule has 1 aromatic heterocycles. The van der Waals surface area contributed by atoms with E-state index in [9.17, 15) is 14.7 Å². The molecule has 0 amide bonds. The van der Waals surface area contributed by atoms with Gasteiger partial charge in [-0.2, -0.15) is 0 Å². The summed E-state index contributed by atoms with van der Waals surface area (Å²) in [5.41, 5.74) is 0.465. The van der Waals surface area contributed by atoms with E-state index in [-0.39, 0.29) is 17.2 Å². The van der Waals surface area contributed by atoms with Gasteiger partial charge in [-0.15, -0.1) is 0 Å². The van der Waals surface area contributed by atoms with Gasteiger partial charge in [-0.3, -0.25) is 4.79 Å². The lowest BCUT2D eigenvalue weighted by atomic mass is 9.99. The number of carbonyl (C=O) groups excluding carboxylic acids is 1. The quantitative estimate of drug-likeness (QED) is 0.205. The van der Waals surface area contributed by atoms with Crippen LogP contribution in [0, 0.1) is 0 Å². The monoisotopic (exact) mass is 386 g/mol. The van der Waals surface area contributed by atoms with Crippen LogP contribution in [0.2, 0.25) is 0 Å². The smallest absolute Gasteiger partial charge is 0.351 e. The number of Topliss-reactive ketones (excluding diaryl/α,β-unsaturated/α-hetero) is 1. The molecule has 0 fully saturated rings. The van der Waals surface area contributed by atoms with Crippen molar-refractivity contribution in [1.29, 1.82) is 0 Å². The van der Waals surface area contributed by atoms with E-state index in [0.29, 0.717) is 11.3 Å². The third-order valence-corrected chi connectivity index (χ3v) is 4.67. The third-order valence-electron chi connectivity index (χ3n) is 4.67. The van der Waals surface area contributed by atoms with Crippen molar-refractivity contribution >= 4 is 5.78 Å². The molecule has 4 nitrogen and oxygen atoms in total. The van der Waals surface area contributed by atoms with E-state index in [1.54, 1.807) is 13.0 Å². The van der Waals surface area contributed by atoms with Gasteiger partial charge >= 0.3 is 5.63 Å². The maximum atomic E-state index is 12.6. The number of hydrogen-bond donors (Lipinski definition) is 1. The highest BCUT2D eigenvalue weighted by Gasteiger charge is 2.21. The molecular weight excluding hydrogens is 352 g/mol. The van der Waals surface area contributed by atoms with E-state index in [4.69, 9.17) is 4.42 Å². The lowest BCUT2D eigenvalue weighted by Gasteiger charge is -2.11. The van der Waals surface area contributed by atoms with Crippen molar-refractivity contribution < 1.29 is 14.3 Å². The zero-order chi connectivity index (χ0) is 21.1. The van der Waals surface area contributed by atoms with Gasteiger partial charge in [-0.25, -0.2) is 4.79 Å². The fourth-order valence-corrected chi connectivity index (χ4v) is 2.86. The minimum Gasteiger partial charge on any atom is -0.507 e. The highest BCUT2D eigenvalue weighted by Crippen LogP contribution is 2.26. The number of carbonyl (C=O) groups is 1. The van der Waals surface area contributed by atoms with Crippen LogP contribution in [-0.4, -0.2) is 10.9 Å². The summed E-state index contributed by atoms with van der Waals surface area (Å²) < 4.78 is 5.36. The van der Waals surface area contributed by atoms with E-state index < -0.39 is 11.4 Å². The van der Waals surface area contributed by atoms with Crippen LogP contribution in [-0.2, 0) is 0 Å². The Morgan fingerprint density at radius 3 is 2.43 bits per heavy atom. The molecule has 1 heterocycles. The molecule has 1 N–H and O–H groups in total. The Morgan fingerprint density at radius 1 is 1.14 bits per heavy atom. The van der Waals surface area contributed by atoms with E-state index >= 15 is 0 Å². The van der Waals surface area contributed by atoms with Crippen LogP contribution in [0.15, 0.2) is 50.7 Å². The SMILES string of the molecule is CCC/C=C/CCC(C)c1cc(O)c(C(=O)/C(C)=C/C=C(\C)CCC)c(=O)o1. The molecule has 1 atom stereocenters. The summed E-state index contributed by atoms with van der Waals surface area (Å²) in [6.45, 7) is 9.80. The summed E-state index contributed by atoms with van der Waals surface area (Å²) in [5, 5.41) is 10.3. The Hall–Kier alpha value is -2.36. The predicted octanol–water partition coefficient (Wildman–Crippen LogP) is 6.46. The fourth-order valence-electron chi connectivity index (χ4n) is 2.86. The van der Waals surface area contributed by atoms with Gasteiger partial charge in [0.05, 0.1) is 0 Å². The molecule has 4 heteroatoms. The zero-order valence-corrected chi connectivity index (χ0v) is 17.9. The first-order valence-corrected chi connectivity index (χ1v) is 10.2. The highest BCUT2D eigenvalue weighted by molar-refractivity contribution is 6.09. The molecule has 0 saturated carbocycles. The molecule has 0 saturated heterocycles. The van der Waals surface area contributed by atoms with Crippen molar-refractivity contribution in [3.8, 4) is 5.75 Å². The summed E-state index contributed by atoms with van der Waals surface area (Å²) in [5.74, 6) is -0.436. The second kappa shape index (κ2) is 12.2. The van der Waals surface area contributed by atoms with Crippen molar-refractivity contribution in [2.75, 3.05) is 0 Å². The lowest BCUT2D eigenvalue weighted by Crippen LogP contribution is -2.16. The molecule has 0 spiro atoms. The van der Waals surface area contributed by atoms with Crippen LogP contribution in [0.5, 0.6) is 5.75 Å². The Balaban J connectivity index is 2.96. The molecule has 1 aromatic rings. The number of allylic oxidation sites excluding steroid dienone is 6. The van der Waals surface area contributed by atoms with E-state index in [1.807, 2.05) is 19.9 Å². The van der Waals surface area contributed by atoms with Gasteiger partial charge in [0.25, 0.3) is 0 Å². The van der Waals surface area contributed by atoms with Gasteiger partial charge in [0.1, 0.15) is 17.1 Å². The zero-order valence-electron chi connectivity index (χ0n) is 17.9. The van der Waals surface area contributed by atoms with Crippen LogP contribution in [0.1, 0.15) is 95.2 Å².